The number of hydrogen-bond acceptors (Lipinski definition) is 3. The Kier molecular flexibility index (Phi) is 10.7. The smallest absolute Gasteiger partial charge is 0.320 e. The van der Waals surface area contributed by atoms with Crippen molar-refractivity contribution in [2.24, 2.45) is 5.92 Å². The van der Waals surface area contributed by atoms with Crippen LogP contribution in [0.2, 0.25) is 0 Å². The van der Waals surface area contributed by atoms with Gasteiger partial charge in [-0.2, -0.15) is 8.78 Å². The molecule has 3 nitrogen and oxygen atoms in total. The summed E-state index contributed by atoms with van der Waals surface area (Å²) in [5.74, 6) is -4.92. The fourth-order valence-electron chi connectivity index (χ4n) is 3.28. The third-order valence-electron chi connectivity index (χ3n) is 4.95. The molecule has 0 saturated carbocycles. The quantitative estimate of drug-likeness (QED) is 0.429. The second-order valence-corrected chi connectivity index (χ2v) is 7.60. The molecule has 0 aliphatic rings. The van der Waals surface area contributed by atoms with E-state index in [4.69, 9.17) is 0 Å². The third kappa shape index (κ3) is 7.67. The molecule has 5 heteroatoms. The van der Waals surface area contributed by atoms with Crippen LogP contribution in [0.4, 0.5) is 8.78 Å². The fraction of sp³-hybridized carbons (Fsp3) is 0.682. The van der Waals surface area contributed by atoms with Crippen molar-refractivity contribution in [3.8, 4) is 0 Å². The average molecular weight is 384 g/mol. The second-order valence-electron chi connectivity index (χ2n) is 7.60. The first-order valence-electron chi connectivity index (χ1n) is 10.2. The second kappa shape index (κ2) is 12.2. The first kappa shape index (κ1) is 23.7. The Labute approximate surface area is 162 Å². The van der Waals surface area contributed by atoms with Crippen molar-refractivity contribution in [1.82, 2.24) is 5.32 Å². The van der Waals surface area contributed by atoms with Gasteiger partial charge in [0.2, 0.25) is 5.78 Å². The maximum Gasteiger partial charge on any atom is 0.320 e. The van der Waals surface area contributed by atoms with Gasteiger partial charge in [0.1, 0.15) is 0 Å². The van der Waals surface area contributed by atoms with Gasteiger partial charge in [-0.25, -0.2) is 0 Å². The van der Waals surface area contributed by atoms with Gasteiger partial charge in [-0.3, -0.25) is 10.1 Å². The van der Waals surface area contributed by atoms with Crippen LogP contribution in [0.3, 0.4) is 0 Å². The van der Waals surface area contributed by atoms with Crippen molar-refractivity contribution in [3.05, 3.63) is 35.9 Å². The lowest BCUT2D eigenvalue weighted by Gasteiger charge is -2.33. The maximum absolute atomic E-state index is 14.9. The van der Waals surface area contributed by atoms with E-state index in [1.807, 2.05) is 6.07 Å². The number of unbranched alkanes of at least 4 members (excludes halogenated alkanes) is 5. The standard InChI is InChI=1S/C22H35F2NO2/c1-4-5-6-7-8-12-15-20(27)22(23,24)21(17(2)3)25-19(16-26)18-13-10-9-11-14-18/h9-11,13-14,17,19,21,25-26H,4-8,12,15-16H2,1-3H3/t19-,21?/m0/s1. The molecule has 1 aromatic carbocycles. The molecule has 0 fully saturated rings. The SMILES string of the molecule is CCCCCCCCC(=O)C(F)(F)C(N[C@@H](CO)c1ccccc1)C(C)C. The molecule has 0 spiro atoms. The monoisotopic (exact) mass is 383 g/mol. The predicted octanol–water partition coefficient (Wildman–Crippen LogP) is 5.29. The van der Waals surface area contributed by atoms with E-state index in [0.29, 0.717) is 6.42 Å². The predicted molar refractivity (Wildman–Crippen MR) is 106 cm³/mol. The Balaban J connectivity index is 2.71. The number of nitrogens with one attached hydrogen (secondary N) is 1. The lowest BCUT2D eigenvalue weighted by Crippen LogP contribution is -2.54. The van der Waals surface area contributed by atoms with E-state index in [0.717, 1.165) is 37.7 Å². The number of carbonyl (C=O) groups is 1. The van der Waals surface area contributed by atoms with Crippen molar-refractivity contribution in [3.63, 3.8) is 0 Å². The van der Waals surface area contributed by atoms with Crippen molar-refractivity contribution < 1.29 is 18.7 Å². The summed E-state index contributed by atoms with van der Waals surface area (Å²) in [6.45, 7) is 5.15. The lowest BCUT2D eigenvalue weighted by molar-refractivity contribution is -0.150. The Morgan fingerprint density at radius 1 is 1.07 bits per heavy atom. The molecular weight excluding hydrogens is 348 g/mol. The van der Waals surface area contributed by atoms with Crippen LogP contribution in [-0.4, -0.2) is 29.5 Å². The topological polar surface area (TPSA) is 49.3 Å². The maximum atomic E-state index is 14.9. The minimum absolute atomic E-state index is 0.0981. The number of ketones is 1. The first-order valence-corrected chi connectivity index (χ1v) is 10.2. The van der Waals surface area contributed by atoms with Crippen molar-refractivity contribution in [1.29, 1.82) is 0 Å². The lowest BCUT2D eigenvalue weighted by atomic mass is 9.91. The number of aliphatic hydroxyl groups excluding tert-OH is 1. The van der Waals surface area contributed by atoms with Gasteiger partial charge < -0.3 is 5.11 Å². The Hall–Kier alpha value is -1.33. The molecule has 0 heterocycles. The van der Waals surface area contributed by atoms with Crippen LogP contribution in [0.5, 0.6) is 0 Å². The largest absolute Gasteiger partial charge is 0.394 e. The van der Waals surface area contributed by atoms with Gasteiger partial charge in [0.05, 0.1) is 18.7 Å². The highest BCUT2D eigenvalue weighted by atomic mass is 19.3. The molecule has 2 atom stereocenters. The molecule has 1 rings (SSSR count). The van der Waals surface area contributed by atoms with Gasteiger partial charge in [0.25, 0.3) is 0 Å². The van der Waals surface area contributed by atoms with Crippen LogP contribution in [0.15, 0.2) is 30.3 Å². The number of carbonyl (C=O) groups excluding carboxylic acids is 1. The molecule has 0 bridgehead atoms. The minimum atomic E-state index is -3.46. The van der Waals surface area contributed by atoms with Crippen LogP contribution in [0, 0.1) is 5.92 Å². The Bertz CT molecular complexity index is 534. The number of Topliss-reactive ketones (excluding diaryl/α,β-unsaturated/α-hetero) is 1. The van der Waals surface area contributed by atoms with Gasteiger partial charge in [0, 0.05) is 6.42 Å². The van der Waals surface area contributed by atoms with Gasteiger partial charge >= 0.3 is 5.92 Å². The minimum Gasteiger partial charge on any atom is -0.394 e. The zero-order chi connectivity index (χ0) is 20.3. The summed E-state index contributed by atoms with van der Waals surface area (Å²) < 4.78 is 29.8. The summed E-state index contributed by atoms with van der Waals surface area (Å²) in [5, 5.41) is 12.5. The van der Waals surface area contributed by atoms with E-state index in [2.05, 4.69) is 12.2 Å². The van der Waals surface area contributed by atoms with Crippen molar-refractivity contribution in [2.45, 2.75) is 83.7 Å². The summed E-state index contributed by atoms with van der Waals surface area (Å²) >= 11 is 0. The van der Waals surface area contributed by atoms with Crippen molar-refractivity contribution in [2.75, 3.05) is 6.61 Å². The molecule has 0 radical (unpaired) electrons. The average Bonchev–Trinajstić information content (AvgIpc) is 2.65. The molecular formula is C22H35F2NO2. The molecule has 1 aromatic rings. The van der Waals surface area contributed by atoms with E-state index >= 15 is 0 Å². The number of alkyl halides is 2. The van der Waals surface area contributed by atoms with E-state index < -0.39 is 29.7 Å². The highest BCUT2D eigenvalue weighted by Crippen LogP contribution is 2.30. The molecule has 0 amide bonds. The van der Waals surface area contributed by atoms with E-state index in [1.165, 1.54) is 0 Å². The Morgan fingerprint density at radius 3 is 2.22 bits per heavy atom. The summed E-state index contributed by atoms with van der Waals surface area (Å²) in [5.41, 5.74) is 0.727. The van der Waals surface area contributed by atoms with Gasteiger partial charge in [0.15, 0.2) is 0 Å². The zero-order valence-corrected chi connectivity index (χ0v) is 16.9. The van der Waals surface area contributed by atoms with Gasteiger partial charge in [-0.15, -0.1) is 0 Å². The van der Waals surface area contributed by atoms with Crippen LogP contribution in [0.1, 0.15) is 77.3 Å². The number of benzene rings is 1. The molecule has 27 heavy (non-hydrogen) atoms. The highest BCUT2D eigenvalue weighted by molar-refractivity contribution is 5.86. The molecule has 1 unspecified atom stereocenters. The third-order valence-corrected chi connectivity index (χ3v) is 4.95. The van der Waals surface area contributed by atoms with Gasteiger partial charge in [-0.05, 0) is 17.9 Å². The zero-order valence-electron chi connectivity index (χ0n) is 16.9. The summed E-state index contributed by atoms with van der Waals surface area (Å²) in [4.78, 5) is 12.3. The van der Waals surface area contributed by atoms with Crippen LogP contribution in [-0.2, 0) is 4.79 Å². The fourth-order valence-corrected chi connectivity index (χ4v) is 3.28. The first-order chi connectivity index (χ1) is 12.8. The van der Waals surface area contributed by atoms with E-state index in [-0.39, 0.29) is 13.0 Å². The highest BCUT2D eigenvalue weighted by Gasteiger charge is 2.48. The number of hydrogen-bond donors (Lipinski definition) is 2. The number of halogens is 2. The van der Waals surface area contributed by atoms with E-state index in [9.17, 15) is 18.7 Å². The Morgan fingerprint density at radius 2 is 1.67 bits per heavy atom. The number of aliphatic hydroxyl groups is 1. The van der Waals surface area contributed by atoms with Crippen molar-refractivity contribution >= 4 is 5.78 Å². The molecule has 0 aromatic heterocycles. The number of rotatable bonds is 14. The summed E-state index contributed by atoms with van der Waals surface area (Å²) in [6, 6.07) is 7.03. The molecule has 154 valence electrons. The molecule has 2 N–H and O–H groups in total. The van der Waals surface area contributed by atoms with Gasteiger partial charge in [-0.1, -0.05) is 83.2 Å². The normalized spacial score (nSPS) is 14.3. The van der Waals surface area contributed by atoms with Crippen LogP contribution >= 0.6 is 0 Å². The summed E-state index contributed by atoms with van der Waals surface area (Å²) in [7, 11) is 0. The molecule has 0 aliphatic carbocycles. The molecule has 0 aliphatic heterocycles. The summed E-state index contributed by atoms with van der Waals surface area (Å²) in [6.07, 6.45) is 5.57. The van der Waals surface area contributed by atoms with E-state index in [1.54, 1.807) is 38.1 Å². The van der Waals surface area contributed by atoms with Crippen LogP contribution < -0.4 is 5.32 Å². The van der Waals surface area contributed by atoms with Crippen LogP contribution in [0.25, 0.3) is 0 Å². The molecule has 0 saturated heterocycles.